The molecule has 0 heterocycles. The average molecular weight is 532 g/mol. The quantitative estimate of drug-likeness (QED) is 0.236. The second kappa shape index (κ2) is 14.0. The Morgan fingerprint density at radius 1 is 0.789 bits per heavy atom. The zero-order valence-corrected chi connectivity index (χ0v) is 21.9. The van der Waals surface area contributed by atoms with Crippen LogP contribution < -0.4 is 15.2 Å². The molecule has 0 bridgehead atoms. The maximum Gasteiger partial charge on any atom is 0.514 e. The number of benzene rings is 2. The predicted molar refractivity (Wildman–Crippen MR) is 135 cm³/mol. The lowest BCUT2D eigenvalue weighted by atomic mass is 9.87. The molecule has 0 aliphatic rings. The maximum absolute atomic E-state index is 12.5. The summed E-state index contributed by atoms with van der Waals surface area (Å²) in [4.78, 5) is 48.5. The molecule has 2 rings (SSSR count). The highest BCUT2D eigenvalue weighted by Crippen LogP contribution is 2.35. The molecule has 2 aromatic carbocycles. The molecule has 0 saturated carbocycles. The summed E-state index contributed by atoms with van der Waals surface area (Å²) in [5, 5.41) is 9.63. The third-order valence-corrected chi connectivity index (χ3v) is 5.07. The molecule has 3 N–H and O–H groups in total. The number of carboxylic acids is 1. The van der Waals surface area contributed by atoms with Gasteiger partial charge < -0.3 is 34.5 Å². The minimum Gasteiger partial charge on any atom is -0.480 e. The summed E-state index contributed by atoms with van der Waals surface area (Å²) in [5.41, 5.74) is 6.67. The molecule has 11 nitrogen and oxygen atoms in total. The first kappa shape index (κ1) is 30.1. The molecule has 0 fully saturated rings. The van der Waals surface area contributed by atoms with E-state index < -0.39 is 54.5 Å². The number of nitrogens with two attached hydrogens (primary N) is 1. The van der Waals surface area contributed by atoms with Gasteiger partial charge in [0.2, 0.25) is 0 Å². The van der Waals surface area contributed by atoms with Crippen molar-refractivity contribution in [2.75, 3.05) is 0 Å². The summed E-state index contributed by atoms with van der Waals surface area (Å²) in [7, 11) is 0. The van der Waals surface area contributed by atoms with Crippen LogP contribution in [0.15, 0.2) is 48.5 Å². The zero-order chi connectivity index (χ0) is 28.4. The third kappa shape index (κ3) is 9.40. The van der Waals surface area contributed by atoms with E-state index in [1.54, 1.807) is 65.0 Å². The van der Waals surface area contributed by atoms with Crippen molar-refractivity contribution in [2.45, 2.75) is 71.3 Å². The van der Waals surface area contributed by atoms with Crippen LogP contribution in [-0.4, -0.2) is 53.7 Å². The van der Waals surface area contributed by atoms with Gasteiger partial charge in [-0.3, -0.25) is 4.79 Å². The Morgan fingerprint density at radius 2 is 1.34 bits per heavy atom. The number of carbonyl (C=O) groups excluding carboxylic acids is 3. The highest BCUT2D eigenvalue weighted by atomic mass is 16.7. The van der Waals surface area contributed by atoms with Gasteiger partial charge in [-0.1, -0.05) is 24.3 Å². The Hall–Kier alpha value is -4.12. The summed E-state index contributed by atoms with van der Waals surface area (Å²) >= 11 is 0. The Labute approximate surface area is 220 Å². The van der Waals surface area contributed by atoms with E-state index >= 15 is 0 Å². The highest BCUT2D eigenvalue weighted by Gasteiger charge is 2.30. The minimum absolute atomic E-state index is 0.0253. The molecular formula is C27H33NO10. The van der Waals surface area contributed by atoms with Crippen LogP contribution >= 0.6 is 0 Å². The van der Waals surface area contributed by atoms with Crippen molar-refractivity contribution < 1.29 is 48.0 Å². The van der Waals surface area contributed by atoms with Crippen molar-refractivity contribution in [1.29, 1.82) is 0 Å². The van der Waals surface area contributed by atoms with E-state index in [0.29, 0.717) is 11.1 Å². The smallest absolute Gasteiger partial charge is 0.480 e. The van der Waals surface area contributed by atoms with Crippen molar-refractivity contribution in [3.63, 3.8) is 0 Å². The lowest BCUT2D eigenvalue weighted by molar-refractivity contribution is -0.139. The molecule has 3 atom stereocenters. The van der Waals surface area contributed by atoms with Crippen molar-refractivity contribution in [3.8, 4) is 11.5 Å². The van der Waals surface area contributed by atoms with E-state index in [2.05, 4.69) is 0 Å². The molecule has 11 heteroatoms. The minimum atomic E-state index is -1.40. The van der Waals surface area contributed by atoms with E-state index in [9.17, 15) is 24.3 Å². The van der Waals surface area contributed by atoms with Crippen molar-refractivity contribution >= 4 is 24.2 Å². The van der Waals surface area contributed by atoms with Gasteiger partial charge in [0.05, 0.1) is 17.8 Å². The van der Waals surface area contributed by atoms with Gasteiger partial charge in [0.25, 0.3) is 0 Å². The zero-order valence-electron chi connectivity index (χ0n) is 21.9. The summed E-state index contributed by atoms with van der Waals surface area (Å²) in [6.45, 7) is 8.11. The Kier molecular flexibility index (Phi) is 11.1. The summed E-state index contributed by atoms with van der Waals surface area (Å²) in [6, 6.07) is 11.0. The van der Waals surface area contributed by atoms with Gasteiger partial charge in [0, 0.05) is 5.92 Å². The van der Waals surface area contributed by atoms with Crippen molar-refractivity contribution in [3.05, 3.63) is 59.7 Å². The van der Waals surface area contributed by atoms with Crippen LogP contribution in [0.1, 0.15) is 62.9 Å². The Bertz CT molecular complexity index is 1120. The number of esters is 1. The van der Waals surface area contributed by atoms with Crippen LogP contribution in [0.4, 0.5) is 9.59 Å². The second-order valence-electron chi connectivity index (χ2n) is 9.03. The summed E-state index contributed by atoms with van der Waals surface area (Å²) in [6.07, 6.45) is -3.76. The number of carboxylic acid groups (broad SMARTS) is 1. The molecule has 38 heavy (non-hydrogen) atoms. The van der Waals surface area contributed by atoms with E-state index in [1.807, 2.05) is 0 Å². The SMILES string of the molecule is CC(C)OC(=O)Oc1ccc(C(CC(C)OC(=O)c2ccccc2)[C@H](N)C(=O)O)cc1OC(=O)OC(C)C. The van der Waals surface area contributed by atoms with Crippen LogP contribution in [0.5, 0.6) is 11.5 Å². The molecule has 0 spiro atoms. The van der Waals surface area contributed by atoms with Gasteiger partial charge in [-0.25, -0.2) is 14.4 Å². The lowest BCUT2D eigenvalue weighted by Crippen LogP contribution is -2.38. The molecule has 0 saturated heterocycles. The second-order valence-corrected chi connectivity index (χ2v) is 9.03. The first-order valence-electron chi connectivity index (χ1n) is 12.0. The number of carbonyl (C=O) groups is 4. The van der Waals surface area contributed by atoms with Crippen LogP contribution in [0, 0.1) is 0 Å². The van der Waals surface area contributed by atoms with Crippen LogP contribution in [0.2, 0.25) is 0 Å². The molecule has 206 valence electrons. The number of rotatable bonds is 11. The standard InChI is InChI=1S/C27H33NO10/c1-15(2)34-26(32)37-21-12-11-19(14-22(21)38-27(33)35-16(3)4)20(23(28)24(29)30)13-17(5)36-25(31)18-9-7-6-8-10-18/h6-12,14-17,20,23H,13,28H2,1-5H3,(H,29,30)/t17?,20?,23-/m0/s1. The number of hydrogen-bond donors (Lipinski definition) is 2. The number of ether oxygens (including phenoxy) is 5. The first-order chi connectivity index (χ1) is 17.9. The van der Waals surface area contributed by atoms with Gasteiger partial charge >= 0.3 is 24.2 Å². The summed E-state index contributed by atoms with van der Waals surface area (Å²) in [5.74, 6) is -3.13. The van der Waals surface area contributed by atoms with E-state index in [4.69, 9.17) is 29.4 Å². The molecule has 2 unspecified atom stereocenters. The normalized spacial score (nSPS) is 13.3. The first-order valence-corrected chi connectivity index (χ1v) is 12.0. The lowest BCUT2D eigenvalue weighted by Gasteiger charge is -2.25. The summed E-state index contributed by atoms with van der Waals surface area (Å²) < 4.78 is 25.9. The molecular weight excluding hydrogens is 498 g/mol. The molecule has 0 radical (unpaired) electrons. The maximum atomic E-state index is 12.5. The average Bonchev–Trinajstić information content (AvgIpc) is 2.82. The van der Waals surface area contributed by atoms with Gasteiger partial charge in [-0.2, -0.15) is 0 Å². The number of hydrogen-bond acceptors (Lipinski definition) is 10. The largest absolute Gasteiger partial charge is 0.514 e. The Balaban J connectivity index is 2.36. The van der Waals surface area contributed by atoms with Crippen LogP contribution in [0.25, 0.3) is 0 Å². The third-order valence-electron chi connectivity index (χ3n) is 5.07. The van der Waals surface area contributed by atoms with Gasteiger partial charge in [0.1, 0.15) is 12.1 Å². The van der Waals surface area contributed by atoms with E-state index in [1.165, 1.54) is 18.2 Å². The number of aliphatic carboxylic acids is 1. The fourth-order valence-electron chi connectivity index (χ4n) is 3.42. The van der Waals surface area contributed by atoms with Gasteiger partial charge in [-0.05, 0) is 70.9 Å². The molecule has 0 amide bonds. The molecule has 0 aliphatic heterocycles. The van der Waals surface area contributed by atoms with Crippen molar-refractivity contribution in [1.82, 2.24) is 0 Å². The van der Waals surface area contributed by atoms with Crippen molar-refractivity contribution in [2.24, 2.45) is 5.73 Å². The van der Waals surface area contributed by atoms with Gasteiger partial charge in [-0.15, -0.1) is 0 Å². The monoisotopic (exact) mass is 531 g/mol. The fourth-order valence-corrected chi connectivity index (χ4v) is 3.42. The molecule has 0 aliphatic carbocycles. The molecule has 0 aromatic heterocycles. The topological polar surface area (TPSA) is 161 Å². The van der Waals surface area contributed by atoms with E-state index in [-0.39, 0.29) is 17.9 Å². The van der Waals surface area contributed by atoms with Crippen LogP contribution in [-0.2, 0) is 19.0 Å². The molecule has 2 aromatic rings. The van der Waals surface area contributed by atoms with Gasteiger partial charge in [0.15, 0.2) is 11.5 Å². The highest BCUT2D eigenvalue weighted by molar-refractivity contribution is 5.89. The van der Waals surface area contributed by atoms with E-state index in [0.717, 1.165) is 0 Å². The predicted octanol–water partition coefficient (Wildman–Crippen LogP) is 4.67. The Morgan fingerprint density at radius 3 is 1.87 bits per heavy atom. The fraction of sp³-hybridized carbons (Fsp3) is 0.407. The van der Waals surface area contributed by atoms with Crippen LogP contribution in [0.3, 0.4) is 0 Å².